The van der Waals surface area contributed by atoms with Crippen LogP contribution in [0.25, 0.3) is 0 Å². The van der Waals surface area contributed by atoms with Gasteiger partial charge in [-0.05, 0) is 40.9 Å². The molecular weight excluding hydrogens is 276 g/mol. The fraction of sp³-hybridized carbons (Fsp3) is 0.286. The molecule has 2 aromatic rings. The first kappa shape index (κ1) is 14.5. The molecule has 0 bridgehead atoms. The Morgan fingerprint density at radius 2 is 2.20 bits per heavy atom. The number of hydrogen-bond donors (Lipinski definition) is 1. The second kappa shape index (κ2) is 6.02. The maximum Gasteiger partial charge on any atom is 0.292 e. The molecule has 1 heterocycles. The van der Waals surface area contributed by atoms with E-state index < -0.39 is 11.0 Å². The summed E-state index contributed by atoms with van der Waals surface area (Å²) < 4.78 is 0. The van der Waals surface area contributed by atoms with Crippen LogP contribution in [0.5, 0.6) is 0 Å². The SMILES string of the molecule is CC(O)c1ccc(N(C)Cc2ccsc2)c([N+](=O)[O-])c1. The number of nitro benzene ring substituents is 1. The van der Waals surface area contributed by atoms with E-state index in [9.17, 15) is 15.2 Å². The van der Waals surface area contributed by atoms with Crippen LogP contribution >= 0.6 is 11.3 Å². The first-order chi connectivity index (χ1) is 9.49. The highest BCUT2D eigenvalue weighted by molar-refractivity contribution is 7.07. The van der Waals surface area contributed by atoms with Gasteiger partial charge in [0.1, 0.15) is 5.69 Å². The Balaban J connectivity index is 2.32. The molecule has 0 fully saturated rings. The summed E-state index contributed by atoms with van der Waals surface area (Å²) in [5.74, 6) is 0. The molecular formula is C14H16N2O3S. The lowest BCUT2D eigenvalue weighted by Crippen LogP contribution is -2.17. The fourth-order valence-corrected chi connectivity index (χ4v) is 2.67. The van der Waals surface area contributed by atoms with Crippen molar-refractivity contribution in [2.24, 2.45) is 0 Å². The monoisotopic (exact) mass is 292 g/mol. The van der Waals surface area contributed by atoms with E-state index in [4.69, 9.17) is 0 Å². The predicted molar refractivity (Wildman–Crippen MR) is 80.2 cm³/mol. The minimum atomic E-state index is -0.718. The van der Waals surface area contributed by atoms with Crippen molar-refractivity contribution >= 4 is 22.7 Å². The van der Waals surface area contributed by atoms with Crippen molar-refractivity contribution in [2.75, 3.05) is 11.9 Å². The molecule has 106 valence electrons. The van der Waals surface area contributed by atoms with Gasteiger partial charge in [-0.1, -0.05) is 6.07 Å². The topological polar surface area (TPSA) is 66.6 Å². The fourth-order valence-electron chi connectivity index (χ4n) is 2.01. The summed E-state index contributed by atoms with van der Waals surface area (Å²) in [7, 11) is 1.82. The van der Waals surface area contributed by atoms with Gasteiger partial charge in [0.05, 0.1) is 11.0 Å². The van der Waals surface area contributed by atoms with Crippen molar-refractivity contribution < 1.29 is 10.0 Å². The summed E-state index contributed by atoms with van der Waals surface area (Å²) in [6, 6.07) is 6.84. The van der Waals surface area contributed by atoms with Gasteiger partial charge in [0.25, 0.3) is 5.69 Å². The van der Waals surface area contributed by atoms with E-state index >= 15 is 0 Å². The Morgan fingerprint density at radius 1 is 1.45 bits per heavy atom. The number of aliphatic hydroxyl groups is 1. The van der Waals surface area contributed by atoms with E-state index in [-0.39, 0.29) is 5.69 Å². The van der Waals surface area contributed by atoms with Crippen LogP contribution in [0.15, 0.2) is 35.0 Å². The molecule has 0 spiro atoms. The molecule has 0 aliphatic rings. The van der Waals surface area contributed by atoms with E-state index in [0.29, 0.717) is 17.8 Å². The predicted octanol–water partition coefficient (Wildman–Crippen LogP) is 3.35. The number of nitro groups is 1. The average Bonchev–Trinajstić information content (AvgIpc) is 2.90. The Kier molecular flexibility index (Phi) is 4.36. The summed E-state index contributed by atoms with van der Waals surface area (Å²) in [4.78, 5) is 12.6. The number of benzene rings is 1. The molecule has 0 saturated heterocycles. The zero-order valence-corrected chi connectivity index (χ0v) is 12.1. The third-order valence-electron chi connectivity index (χ3n) is 3.09. The maximum absolute atomic E-state index is 11.2. The molecule has 0 amide bonds. The quantitative estimate of drug-likeness (QED) is 0.678. The Labute approximate surface area is 121 Å². The third kappa shape index (κ3) is 3.15. The second-order valence-electron chi connectivity index (χ2n) is 4.67. The highest BCUT2D eigenvalue weighted by atomic mass is 32.1. The number of anilines is 1. The van der Waals surface area contributed by atoms with E-state index in [1.165, 1.54) is 6.07 Å². The standard InChI is InChI=1S/C14H16N2O3S/c1-10(17)12-3-4-13(14(7-12)16(18)19)15(2)8-11-5-6-20-9-11/h3-7,9-10,17H,8H2,1-2H3. The largest absolute Gasteiger partial charge is 0.389 e. The molecule has 2 rings (SSSR count). The molecule has 0 aliphatic carbocycles. The van der Waals surface area contributed by atoms with Gasteiger partial charge in [0.15, 0.2) is 0 Å². The molecule has 6 heteroatoms. The molecule has 20 heavy (non-hydrogen) atoms. The molecule has 1 atom stereocenters. The van der Waals surface area contributed by atoms with Crippen molar-refractivity contribution in [3.63, 3.8) is 0 Å². The molecule has 1 aromatic heterocycles. The molecule has 0 aliphatic heterocycles. The van der Waals surface area contributed by atoms with Crippen molar-refractivity contribution in [2.45, 2.75) is 19.6 Å². The molecule has 1 N–H and O–H groups in total. The summed E-state index contributed by atoms with van der Waals surface area (Å²) in [5, 5.41) is 24.7. The van der Waals surface area contributed by atoms with Crippen LogP contribution in [-0.4, -0.2) is 17.1 Å². The van der Waals surface area contributed by atoms with Crippen LogP contribution in [0, 0.1) is 10.1 Å². The summed E-state index contributed by atoms with van der Waals surface area (Å²) in [5.41, 5.74) is 2.22. The van der Waals surface area contributed by atoms with E-state index in [0.717, 1.165) is 5.56 Å². The minimum Gasteiger partial charge on any atom is -0.389 e. The zero-order chi connectivity index (χ0) is 14.7. The summed E-state index contributed by atoms with van der Waals surface area (Å²) in [6.45, 7) is 2.20. The zero-order valence-electron chi connectivity index (χ0n) is 11.3. The molecule has 1 aromatic carbocycles. The van der Waals surface area contributed by atoms with Crippen molar-refractivity contribution in [3.8, 4) is 0 Å². The highest BCUT2D eigenvalue weighted by Crippen LogP contribution is 2.31. The van der Waals surface area contributed by atoms with Crippen LogP contribution in [0.3, 0.4) is 0 Å². The minimum absolute atomic E-state index is 0.0149. The van der Waals surface area contributed by atoms with Gasteiger partial charge in [-0.3, -0.25) is 10.1 Å². The van der Waals surface area contributed by atoms with Crippen LogP contribution in [0.1, 0.15) is 24.2 Å². The second-order valence-corrected chi connectivity index (χ2v) is 5.45. The number of hydrogen-bond acceptors (Lipinski definition) is 5. The number of nitrogens with zero attached hydrogens (tertiary/aromatic N) is 2. The smallest absolute Gasteiger partial charge is 0.292 e. The Morgan fingerprint density at radius 3 is 2.75 bits per heavy atom. The number of rotatable bonds is 5. The lowest BCUT2D eigenvalue weighted by atomic mass is 10.1. The van der Waals surface area contributed by atoms with Gasteiger partial charge >= 0.3 is 0 Å². The first-order valence-electron chi connectivity index (χ1n) is 6.17. The van der Waals surface area contributed by atoms with Crippen molar-refractivity contribution in [3.05, 3.63) is 56.3 Å². The van der Waals surface area contributed by atoms with Crippen LogP contribution in [-0.2, 0) is 6.54 Å². The Bertz CT molecular complexity index is 596. The van der Waals surface area contributed by atoms with Crippen LogP contribution < -0.4 is 4.90 Å². The third-order valence-corrected chi connectivity index (χ3v) is 3.82. The van der Waals surface area contributed by atoms with E-state index in [1.807, 2.05) is 28.8 Å². The molecule has 0 radical (unpaired) electrons. The van der Waals surface area contributed by atoms with Crippen molar-refractivity contribution in [1.29, 1.82) is 0 Å². The normalized spacial score (nSPS) is 12.2. The summed E-state index contributed by atoms with van der Waals surface area (Å²) >= 11 is 1.60. The van der Waals surface area contributed by atoms with Crippen molar-refractivity contribution in [1.82, 2.24) is 0 Å². The lowest BCUT2D eigenvalue weighted by Gasteiger charge is -2.19. The lowest BCUT2D eigenvalue weighted by molar-refractivity contribution is -0.384. The maximum atomic E-state index is 11.2. The van der Waals surface area contributed by atoms with E-state index in [2.05, 4.69) is 0 Å². The first-order valence-corrected chi connectivity index (χ1v) is 7.12. The van der Waals surface area contributed by atoms with Crippen LogP contribution in [0.4, 0.5) is 11.4 Å². The van der Waals surface area contributed by atoms with Gasteiger partial charge in [-0.25, -0.2) is 0 Å². The van der Waals surface area contributed by atoms with Gasteiger partial charge in [0, 0.05) is 19.7 Å². The van der Waals surface area contributed by atoms with E-state index in [1.54, 1.807) is 30.4 Å². The Hall–Kier alpha value is -1.92. The van der Waals surface area contributed by atoms with Gasteiger partial charge in [-0.2, -0.15) is 11.3 Å². The van der Waals surface area contributed by atoms with Gasteiger partial charge in [-0.15, -0.1) is 0 Å². The van der Waals surface area contributed by atoms with Crippen LogP contribution in [0.2, 0.25) is 0 Å². The molecule has 5 nitrogen and oxygen atoms in total. The van der Waals surface area contributed by atoms with Gasteiger partial charge in [0.2, 0.25) is 0 Å². The molecule has 0 saturated carbocycles. The highest BCUT2D eigenvalue weighted by Gasteiger charge is 2.19. The number of thiophene rings is 1. The van der Waals surface area contributed by atoms with Gasteiger partial charge < -0.3 is 10.0 Å². The summed E-state index contributed by atoms with van der Waals surface area (Å²) in [6.07, 6.45) is -0.718. The molecule has 1 unspecified atom stereocenters. The number of aliphatic hydroxyl groups excluding tert-OH is 1. The average molecular weight is 292 g/mol.